The van der Waals surface area contributed by atoms with Gasteiger partial charge in [0, 0.05) is 25.1 Å². The van der Waals surface area contributed by atoms with E-state index in [-0.39, 0.29) is 11.4 Å². The van der Waals surface area contributed by atoms with Crippen molar-refractivity contribution in [2.24, 2.45) is 0 Å². The SMILES string of the molecule is COc1cccc(-c2nnc(NSC3CCCOC3c3ncc(C)cn3)n2-c2c(OC)cccc2OC)n1. The molecule has 1 aliphatic rings. The highest BCUT2D eigenvalue weighted by Crippen LogP contribution is 2.40. The highest BCUT2D eigenvalue weighted by molar-refractivity contribution is 8.01. The van der Waals surface area contributed by atoms with Crippen molar-refractivity contribution in [3.8, 4) is 34.6 Å². The number of ether oxygens (including phenoxy) is 4. The zero-order chi connectivity index (χ0) is 26.5. The van der Waals surface area contributed by atoms with E-state index in [0.29, 0.717) is 53.0 Å². The number of benzene rings is 1. The van der Waals surface area contributed by atoms with Crippen molar-refractivity contribution in [3.63, 3.8) is 0 Å². The van der Waals surface area contributed by atoms with Gasteiger partial charge in [-0.2, -0.15) is 0 Å². The van der Waals surface area contributed by atoms with Crippen LogP contribution in [0.4, 0.5) is 5.95 Å². The minimum atomic E-state index is -0.251. The Morgan fingerprint density at radius 3 is 2.42 bits per heavy atom. The molecule has 0 bridgehead atoms. The maximum Gasteiger partial charge on any atom is 0.239 e. The number of aromatic nitrogens is 6. The molecule has 11 nitrogen and oxygen atoms in total. The largest absolute Gasteiger partial charge is 0.494 e. The maximum atomic E-state index is 6.10. The smallest absolute Gasteiger partial charge is 0.239 e. The fourth-order valence-corrected chi connectivity index (χ4v) is 5.22. The summed E-state index contributed by atoms with van der Waals surface area (Å²) < 4.78 is 28.1. The van der Waals surface area contributed by atoms with E-state index in [2.05, 4.69) is 29.9 Å². The van der Waals surface area contributed by atoms with Gasteiger partial charge in [0.1, 0.15) is 29.0 Å². The van der Waals surface area contributed by atoms with E-state index in [4.69, 9.17) is 18.9 Å². The number of para-hydroxylation sites is 1. The summed E-state index contributed by atoms with van der Waals surface area (Å²) in [5.74, 6) is 3.29. The van der Waals surface area contributed by atoms with Crippen LogP contribution in [-0.2, 0) is 4.74 Å². The molecular formula is C26H29N7O4S. The number of rotatable bonds is 9. The summed E-state index contributed by atoms with van der Waals surface area (Å²) in [5, 5.41) is 9.03. The number of aryl methyl sites for hydroxylation is 1. The minimum Gasteiger partial charge on any atom is -0.494 e. The first-order valence-electron chi connectivity index (χ1n) is 12.1. The summed E-state index contributed by atoms with van der Waals surface area (Å²) in [6, 6.07) is 11.1. The average Bonchev–Trinajstić information content (AvgIpc) is 3.39. The van der Waals surface area contributed by atoms with Gasteiger partial charge in [-0.25, -0.2) is 15.0 Å². The zero-order valence-corrected chi connectivity index (χ0v) is 22.4. The second-order valence-corrected chi connectivity index (χ2v) is 9.61. The highest BCUT2D eigenvalue weighted by Gasteiger charge is 2.32. The van der Waals surface area contributed by atoms with Gasteiger partial charge in [-0.3, -0.25) is 9.29 Å². The lowest BCUT2D eigenvalue weighted by molar-refractivity contribution is 0.0147. The molecule has 2 atom stereocenters. The Balaban J connectivity index is 1.54. The number of methoxy groups -OCH3 is 3. The summed E-state index contributed by atoms with van der Waals surface area (Å²) in [7, 11) is 4.79. The van der Waals surface area contributed by atoms with Gasteiger partial charge < -0.3 is 18.9 Å². The number of hydrogen-bond donors (Lipinski definition) is 1. The summed E-state index contributed by atoms with van der Waals surface area (Å²) >= 11 is 1.50. The highest BCUT2D eigenvalue weighted by atomic mass is 32.2. The van der Waals surface area contributed by atoms with Crippen LogP contribution in [0.2, 0.25) is 0 Å². The molecule has 0 amide bonds. The third-order valence-electron chi connectivity index (χ3n) is 6.08. The second-order valence-electron chi connectivity index (χ2n) is 8.57. The first-order chi connectivity index (χ1) is 18.6. The molecule has 4 heterocycles. The average molecular weight is 536 g/mol. The number of anilines is 1. The Morgan fingerprint density at radius 1 is 0.974 bits per heavy atom. The lowest BCUT2D eigenvalue weighted by Gasteiger charge is -2.30. The first-order valence-corrected chi connectivity index (χ1v) is 13.0. The Labute approximate surface area is 225 Å². The molecule has 0 aliphatic carbocycles. The Bertz CT molecular complexity index is 1360. The third kappa shape index (κ3) is 5.22. The molecule has 1 N–H and O–H groups in total. The van der Waals surface area contributed by atoms with Gasteiger partial charge >= 0.3 is 0 Å². The lowest BCUT2D eigenvalue weighted by atomic mass is 10.1. The van der Waals surface area contributed by atoms with Gasteiger partial charge in [0.15, 0.2) is 11.6 Å². The van der Waals surface area contributed by atoms with E-state index in [0.717, 1.165) is 18.4 Å². The quantitative estimate of drug-likeness (QED) is 0.307. The molecule has 1 fully saturated rings. The van der Waals surface area contributed by atoms with Crippen LogP contribution < -0.4 is 18.9 Å². The molecule has 1 aromatic carbocycles. The van der Waals surface area contributed by atoms with Crippen molar-refractivity contribution in [2.45, 2.75) is 31.1 Å². The summed E-state index contributed by atoms with van der Waals surface area (Å²) in [5.41, 5.74) is 2.22. The van der Waals surface area contributed by atoms with Crippen LogP contribution in [-0.4, -0.2) is 62.9 Å². The van der Waals surface area contributed by atoms with Crippen molar-refractivity contribution >= 4 is 17.9 Å². The van der Waals surface area contributed by atoms with E-state index in [1.165, 1.54) is 11.9 Å². The lowest BCUT2D eigenvalue weighted by Crippen LogP contribution is -2.27. The molecule has 1 saturated heterocycles. The summed E-state index contributed by atoms with van der Waals surface area (Å²) in [4.78, 5) is 13.6. The molecule has 3 aromatic heterocycles. The van der Waals surface area contributed by atoms with Crippen LogP contribution in [0.1, 0.15) is 30.3 Å². The van der Waals surface area contributed by atoms with Crippen molar-refractivity contribution < 1.29 is 18.9 Å². The molecule has 5 rings (SSSR count). The number of nitrogens with one attached hydrogen (secondary N) is 1. The van der Waals surface area contributed by atoms with Gasteiger partial charge in [-0.1, -0.05) is 12.1 Å². The molecule has 0 saturated carbocycles. The van der Waals surface area contributed by atoms with Gasteiger partial charge in [-0.15, -0.1) is 10.2 Å². The van der Waals surface area contributed by atoms with E-state index >= 15 is 0 Å². The molecule has 0 spiro atoms. The third-order valence-corrected chi connectivity index (χ3v) is 7.16. The van der Waals surface area contributed by atoms with Crippen molar-refractivity contribution in [2.75, 3.05) is 32.7 Å². The zero-order valence-electron chi connectivity index (χ0n) is 21.6. The molecule has 1 aliphatic heterocycles. The predicted octanol–water partition coefficient (Wildman–Crippen LogP) is 4.43. The molecule has 198 valence electrons. The molecule has 4 aromatic rings. The fraction of sp³-hybridized carbons (Fsp3) is 0.346. The van der Waals surface area contributed by atoms with Crippen LogP contribution in [0.5, 0.6) is 17.4 Å². The number of hydrogen-bond acceptors (Lipinski definition) is 11. The molecule has 38 heavy (non-hydrogen) atoms. The Hall–Kier alpha value is -3.90. The topological polar surface area (TPSA) is 118 Å². The van der Waals surface area contributed by atoms with Crippen LogP contribution in [0, 0.1) is 6.92 Å². The maximum absolute atomic E-state index is 6.10. The number of pyridine rings is 1. The van der Waals surface area contributed by atoms with Crippen molar-refractivity contribution in [1.82, 2.24) is 29.7 Å². The predicted molar refractivity (Wildman–Crippen MR) is 144 cm³/mol. The van der Waals surface area contributed by atoms with Crippen LogP contribution in [0.25, 0.3) is 17.2 Å². The van der Waals surface area contributed by atoms with E-state index in [1.807, 2.05) is 54.2 Å². The Kier molecular flexibility index (Phi) is 7.89. The van der Waals surface area contributed by atoms with Crippen LogP contribution in [0.3, 0.4) is 0 Å². The fourth-order valence-electron chi connectivity index (χ4n) is 4.23. The molecule has 2 unspecified atom stereocenters. The summed E-state index contributed by atoms with van der Waals surface area (Å²) in [6.45, 7) is 2.63. The molecule has 0 radical (unpaired) electrons. The van der Waals surface area contributed by atoms with Gasteiger partial charge in [-0.05, 0) is 55.5 Å². The Morgan fingerprint density at radius 2 is 1.71 bits per heavy atom. The van der Waals surface area contributed by atoms with E-state index in [1.54, 1.807) is 27.4 Å². The first kappa shape index (κ1) is 25.7. The van der Waals surface area contributed by atoms with Crippen LogP contribution >= 0.6 is 11.9 Å². The summed E-state index contributed by atoms with van der Waals surface area (Å²) in [6.07, 6.45) is 5.24. The van der Waals surface area contributed by atoms with Crippen LogP contribution in [0.15, 0.2) is 48.8 Å². The molecule has 12 heteroatoms. The standard InChI is InChI=1S/C26H29N7O4S/c1-16-14-27-24(28-15-16)23-20(11-7-13-37-23)38-32-26-31-30-25(17-8-5-12-21(29-17)36-4)33(26)22-18(34-2)9-6-10-19(22)35-3/h5-6,8-10,12,14-15,20,23H,7,11,13H2,1-4H3,(H,31,32). The van der Waals surface area contributed by atoms with Gasteiger partial charge in [0.25, 0.3) is 0 Å². The van der Waals surface area contributed by atoms with E-state index in [9.17, 15) is 0 Å². The monoisotopic (exact) mass is 535 g/mol. The van der Waals surface area contributed by atoms with Crippen molar-refractivity contribution in [3.05, 3.63) is 60.2 Å². The van der Waals surface area contributed by atoms with E-state index < -0.39 is 0 Å². The number of nitrogens with zero attached hydrogens (tertiary/aromatic N) is 6. The second kappa shape index (κ2) is 11.7. The minimum absolute atomic E-state index is 0.0505. The van der Waals surface area contributed by atoms with Crippen molar-refractivity contribution in [1.29, 1.82) is 0 Å². The van der Waals surface area contributed by atoms with Gasteiger partial charge in [0.05, 0.1) is 26.6 Å². The molecular weight excluding hydrogens is 506 g/mol. The van der Waals surface area contributed by atoms with Gasteiger partial charge in [0.2, 0.25) is 11.8 Å². The normalized spacial score (nSPS) is 17.2.